The third-order valence-electron chi connectivity index (χ3n) is 3.28. The van der Waals surface area contributed by atoms with Gasteiger partial charge in [-0.25, -0.2) is 0 Å². The van der Waals surface area contributed by atoms with Crippen molar-refractivity contribution in [2.75, 3.05) is 26.8 Å². The molecule has 1 saturated heterocycles. The van der Waals surface area contributed by atoms with E-state index in [1.54, 1.807) is 11.3 Å². The molecule has 0 atom stereocenters. The van der Waals surface area contributed by atoms with Gasteiger partial charge in [-0.2, -0.15) is 0 Å². The molecule has 1 aliphatic heterocycles. The van der Waals surface area contributed by atoms with Crippen LogP contribution < -0.4 is 5.73 Å². The van der Waals surface area contributed by atoms with Crippen molar-refractivity contribution in [3.8, 4) is 11.8 Å². The number of rotatable bonds is 3. The standard InChI is InChI=1S/C14H20N2OS/c1-16(13-4-8-17-9-5-13)11-14-12(3-2-7-15)6-10-18-14/h6,10,13H,4-5,7-9,11,15H2,1H3. The Kier molecular flexibility index (Phi) is 5.21. The minimum atomic E-state index is 0.422. The molecule has 1 fully saturated rings. The Morgan fingerprint density at radius 2 is 2.28 bits per heavy atom. The molecular formula is C14H20N2OS. The fourth-order valence-corrected chi connectivity index (χ4v) is 3.09. The lowest BCUT2D eigenvalue weighted by Crippen LogP contribution is -2.36. The van der Waals surface area contributed by atoms with Crippen molar-refractivity contribution in [3.63, 3.8) is 0 Å². The first kappa shape index (κ1) is 13.6. The van der Waals surface area contributed by atoms with Crippen molar-refractivity contribution in [1.82, 2.24) is 4.90 Å². The summed E-state index contributed by atoms with van der Waals surface area (Å²) in [6.45, 7) is 3.17. The van der Waals surface area contributed by atoms with Gasteiger partial charge in [-0.3, -0.25) is 4.90 Å². The van der Waals surface area contributed by atoms with Crippen LogP contribution in [-0.4, -0.2) is 37.7 Å². The van der Waals surface area contributed by atoms with Gasteiger partial charge in [0.05, 0.1) is 6.54 Å². The van der Waals surface area contributed by atoms with Crippen molar-refractivity contribution in [2.45, 2.75) is 25.4 Å². The Balaban J connectivity index is 1.97. The summed E-state index contributed by atoms with van der Waals surface area (Å²) >= 11 is 1.78. The van der Waals surface area contributed by atoms with E-state index < -0.39 is 0 Å². The number of ether oxygens (including phenoxy) is 1. The minimum absolute atomic E-state index is 0.422. The van der Waals surface area contributed by atoms with Gasteiger partial charge in [-0.05, 0) is 31.3 Å². The van der Waals surface area contributed by atoms with E-state index in [0.29, 0.717) is 12.6 Å². The zero-order valence-electron chi connectivity index (χ0n) is 10.8. The highest BCUT2D eigenvalue weighted by Gasteiger charge is 2.19. The quantitative estimate of drug-likeness (QED) is 0.844. The number of hydrogen-bond donors (Lipinski definition) is 1. The zero-order valence-corrected chi connectivity index (χ0v) is 11.6. The van der Waals surface area contributed by atoms with E-state index in [2.05, 4.69) is 35.2 Å². The Morgan fingerprint density at radius 1 is 1.50 bits per heavy atom. The molecule has 2 N–H and O–H groups in total. The van der Waals surface area contributed by atoms with Gasteiger partial charge in [-0.15, -0.1) is 11.3 Å². The smallest absolute Gasteiger partial charge is 0.0555 e. The Morgan fingerprint density at radius 3 is 3.00 bits per heavy atom. The summed E-state index contributed by atoms with van der Waals surface area (Å²) in [5, 5.41) is 2.10. The molecule has 1 aliphatic rings. The van der Waals surface area contributed by atoms with Crippen LogP contribution >= 0.6 is 11.3 Å². The van der Waals surface area contributed by atoms with Gasteiger partial charge in [0.1, 0.15) is 0 Å². The lowest BCUT2D eigenvalue weighted by Gasteiger charge is -2.30. The predicted molar refractivity (Wildman–Crippen MR) is 75.6 cm³/mol. The monoisotopic (exact) mass is 264 g/mol. The van der Waals surface area contributed by atoms with Gasteiger partial charge in [0.25, 0.3) is 0 Å². The average Bonchev–Trinajstić information content (AvgIpc) is 2.84. The molecule has 0 spiro atoms. The number of nitrogens with two attached hydrogens (primary N) is 1. The lowest BCUT2D eigenvalue weighted by molar-refractivity contribution is 0.0410. The SMILES string of the molecule is CN(Cc1sccc1C#CCN)C1CCOCC1. The molecule has 0 bridgehead atoms. The first-order chi connectivity index (χ1) is 8.81. The van der Waals surface area contributed by atoms with Gasteiger partial charge < -0.3 is 10.5 Å². The van der Waals surface area contributed by atoms with Crippen LogP contribution in [-0.2, 0) is 11.3 Å². The maximum Gasteiger partial charge on any atom is 0.0555 e. The lowest BCUT2D eigenvalue weighted by atomic mass is 10.1. The molecule has 0 unspecified atom stereocenters. The molecule has 0 amide bonds. The maximum atomic E-state index is 5.42. The molecule has 2 rings (SSSR count). The van der Waals surface area contributed by atoms with E-state index >= 15 is 0 Å². The largest absolute Gasteiger partial charge is 0.381 e. The van der Waals surface area contributed by atoms with Gasteiger partial charge in [0, 0.05) is 36.2 Å². The summed E-state index contributed by atoms with van der Waals surface area (Å²) in [5.41, 5.74) is 6.55. The van der Waals surface area contributed by atoms with E-state index in [4.69, 9.17) is 10.5 Å². The van der Waals surface area contributed by atoms with E-state index in [-0.39, 0.29) is 0 Å². The Hall–Kier alpha value is -0.860. The fourth-order valence-electron chi connectivity index (χ4n) is 2.20. The topological polar surface area (TPSA) is 38.5 Å². The maximum absolute atomic E-state index is 5.42. The molecule has 1 aromatic rings. The van der Waals surface area contributed by atoms with Crippen LogP contribution in [0.25, 0.3) is 0 Å². The van der Waals surface area contributed by atoms with Crippen molar-refractivity contribution < 1.29 is 4.74 Å². The summed E-state index contributed by atoms with van der Waals surface area (Å²) in [6, 6.07) is 2.72. The second-order valence-electron chi connectivity index (χ2n) is 4.52. The Bertz CT molecular complexity index is 426. The Labute approximate surface area is 113 Å². The molecule has 0 saturated carbocycles. The van der Waals surface area contributed by atoms with Crippen LogP contribution in [0, 0.1) is 11.8 Å². The number of thiophene rings is 1. The van der Waals surface area contributed by atoms with Crippen LogP contribution in [0.3, 0.4) is 0 Å². The van der Waals surface area contributed by atoms with Crippen molar-refractivity contribution in [3.05, 3.63) is 21.9 Å². The molecule has 0 radical (unpaired) electrons. The minimum Gasteiger partial charge on any atom is -0.381 e. The molecule has 0 aromatic carbocycles. The van der Waals surface area contributed by atoms with E-state index in [1.807, 2.05) is 0 Å². The zero-order chi connectivity index (χ0) is 12.8. The highest BCUT2D eigenvalue weighted by Crippen LogP contribution is 2.21. The van der Waals surface area contributed by atoms with E-state index in [0.717, 1.165) is 38.2 Å². The first-order valence-electron chi connectivity index (χ1n) is 6.34. The van der Waals surface area contributed by atoms with E-state index in [1.165, 1.54) is 4.88 Å². The summed E-state index contributed by atoms with van der Waals surface area (Å²) in [4.78, 5) is 3.76. The van der Waals surface area contributed by atoms with Crippen molar-refractivity contribution in [2.24, 2.45) is 5.73 Å². The summed E-state index contributed by atoms with van der Waals surface area (Å²) in [6.07, 6.45) is 2.26. The number of hydrogen-bond acceptors (Lipinski definition) is 4. The molecule has 18 heavy (non-hydrogen) atoms. The fraction of sp³-hybridized carbons (Fsp3) is 0.571. The van der Waals surface area contributed by atoms with Crippen LogP contribution in [0.5, 0.6) is 0 Å². The van der Waals surface area contributed by atoms with Crippen molar-refractivity contribution >= 4 is 11.3 Å². The molecule has 3 nitrogen and oxygen atoms in total. The van der Waals surface area contributed by atoms with Gasteiger partial charge in [0.2, 0.25) is 0 Å². The molecule has 0 aliphatic carbocycles. The van der Waals surface area contributed by atoms with Crippen LogP contribution in [0.2, 0.25) is 0 Å². The van der Waals surface area contributed by atoms with Gasteiger partial charge in [0.15, 0.2) is 0 Å². The predicted octanol–water partition coefficient (Wildman–Crippen LogP) is 1.67. The highest BCUT2D eigenvalue weighted by atomic mass is 32.1. The molecule has 4 heteroatoms. The van der Waals surface area contributed by atoms with Crippen LogP contribution in [0.4, 0.5) is 0 Å². The average molecular weight is 264 g/mol. The molecule has 1 aromatic heterocycles. The van der Waals surface area contributed by atoms with Crippen LogP contribution in [0.1, 0.15) is 23.3 Å². The summed E-state index contributed by atoms with van der Waals surface area (Å²) < 4.78 is 5.40. The van der Waals surface area contributed by atoms with Gasteiger partial charge >= 0.3 is 0 Å². The van der Waals surface area contributed by atoms with E-state index in [9.17, 15) is 0 Å². The van der Waals surface area contributed by atoms with Crippen molar-refractivity contribution in [1.29, 1.82) is 0 Å². The second kappa shape index (κ2) is 6.91. The van der Waals surface area contributed by atoms with Crippen LogP contribution in [0.15, 0.2) is 11.4 Å². The molecule has 98 valence electrons. The third-order valence-corrected chi connectivity index (χ3v) is 4.18. The number of nitrogens with zero attached hydrogens (tertiary/aromatic N) is 1. The van der Waals surface area contributed by atoms with Gasteiger partial charge in [-0.1, -0.05) is 11.8 Å². The summed E-state index contributed by atoms with van der Waals surface area (Å²) in [7, 11) is 2.19. The highest BCUT2D eigenvalue weighted by molar-refractivity contribution is 7.10. The second-order valence-corrected chi connectivity index (χ2v) is 5.52. The normalized spacial score (nSPS) is 16.6. The molecular weight excluding hydrogens is 244 g/mol. The third kappa shape index (κ3) is 3.56. The molecule has 2 heterocycles. The first-order valence-corrected chi connectivity index (χ1v) is 7.22. The summed E-state index contributed by atoms with van der Waals surface area (Å²) in [5.74, 6) is 6.08.